The summed E-state index contributed by atoms with van der Waals surface area (Å²) in [7, 11) is -4.10. The van der Waals surface area contributed by atoms with Crippen molar-refractivity contribution in [3.05, 3.63) is 45.3 Å². The van der Waals surface area contributed by atoms with Crippen LogP contribution in [0.2, 0.25) is 0 Å². The molecule has 8 nitrogen and oxygen atoms in total. The highest BCUT2D eigenvalue weighted by Crippen LogP contribution is 2.26. The van der Waals surface area contributed by atoms with E-state index in [2.05, 4.69) is 10.1 Å². The lowest BCUT2D eigenvalue weighted by molar-refractivity contribution is -0.560. The Kier molecular flexibility index (Phi) is 3.30. The molecule has 0 aliphatic rings. The van der Waals surface area contributed by atoms with Crippen LogP contribution in [0.5, 0.6) is 0 Å². The lowest BCUT2D eigenvalue weighted by Crippen LogP contribution is -2.19. The Bertz CT molecular complexity index is 771. The molecular weight excluding hydrogens is 284 g/mol. The molecule has 20 heavy (non-hydrogen) atoms. The third kappa shape index (κ3) is 2.16. The van der Waals surface area contributed by atoms with E-state index in [0.717, 1.165) is 11.9 Å². The van der Waals surface area contributed by atoms with E-state index < -0.39 is 20.0 Å². The minimum Gasteiger partial charge on any atom is -0.339 e. The van der Waals surface area contributed by atoms with Crippen molar-refractivity contribution in [2.24, 2.45) is 0 Å². The van der Waals surface area contributed by atoms with Gasteiger partial charge < -0.3 is 10.1 Å². The maximum absolute atomic E-state index is 12.5. The Labute approximate surface area is 115 Å². The molecule has 0 bridgehead atoms. The fraction of sp³-hybridized carbons (Fsp3) is 0.273. The first-order valence-electron chi connectivity index (χ1n) is 5.63. The average Bonchev–Trinajstić information content (AvgIpc) is 2.75. The second kappa shape index (κ2) is 4.67. The van der Waals surface area contributed by atoms with Crippen molar-refractivity contribution in [2.75, 3.05) is 0 Å². The second-order valence-corrected chi connectivity index (χ2v) is 6.18. The minimum absolute atomic E-state index is 0.0270. The molecule has 9 heteroatoms. The zero-order valence-electron chi connectivity index (χ0n) is 11.1. The Balaban J connectivity index is 2.74. The summed E-state index contributed by atoms with van der Waals surface area (Å²) >= 11 is 0. The van der Waals surface area contributed by atoms with E-state index in [1.165, 1.54) is 0 Å². The quantitative estimate of drug-likeness (QED) is 0.619. The lowest BCUT2D eigenvalue weighted by Gasteiger charge is -2.10. The van der Waals surface area contributed by atoms with Gasteiger partial charge in [-0.3, -0.25) is 0 Å². The van der Waals surface area contributed by atoms with Crippen LogP contribution in [0.1, 0.15) is 16.7 Å². The molecule has 2 rings (SSSR count). The van der Waals surface area contributed by atoms with E-state index in [4.69, 9.17) is 0 Å². The monoisotopic (exact) mass is 296 g/mol. The molecule has 1 aromatic carbocycles. The van der Waals surface area contributed by atoms with E-state index in [0.29, 0.717) is 11.1 Å². The molecule has 0 N–H and O–H groups in total. The summed E-state index contributed by atoms with van der Waals surface area (Å²) in [5.74, 6) is 0. The third-order valence-electron chi connectivity index (χ3n) is 2.77. The number of rotatable bonds is 3. The molecule has 0 fully saturated rings. The number of aryl methyl sites for hydroxylation is 3. The third-order valence-corrected chi connectivity index (χ3v) is 4.70. The van der Waals surface area contributed by atoms with Crippen LogP contribution in [0, 0.1) is 30.9 Å². The molecular formula is C11H12N4O4S. The Morgan fingerprint density at radius 1 is 1.20 bits per heavy atom. The molecule has 106 valence electrons. The fourth-order valence-electron chi connectivity index (χ4n) is 2.20. The van der Waals surface area contributed by atoms with Gasteiger partial charge in [0.15, 0.2) is 0 Å². The van der Waals surface area contributed by atoms with Crippen LogP contribution >= 0.6 is 0 Å². The van der Waals surface area contributed by atoms with Gasteiger partial charge in [0.25, 0.3) is 6.33 Å². The first kappa shape index (κ1) is 14.1. The van der Waals surface area contributed by atoms with E-state index in [1.54, 1.807) is 26.0 Å². The van der Waals surface area contributed by atoms with Crippen LogP contribution < -0.4 is 0 Å². The molecule has 0 aliphatic heterocycles. The number of nitro groups is 1. The maximum Gasteiger partial charge on any atom is 0.322 e. The molecule has 0 saturated heterocycles. The predicted octanol–water partition coefficient (Wildman–Crippen LogP) is 1.08. The van der Waals surface area contributed by atoms with Crippen molar-refractivity contribution in [3.8, 4) is 0 Å². The molecule has 1 aromatic heterocycles. The van der Waals surface area contributed by atoms with E-state index in [-0.39, 0.29) is 9.69 Å². The highest BCUT2D eigenvalue weighted by atomic mass is 32.2. The van der Waals surface area contributed by atoms with Gasteiger partial charge in [-0.15, -0.1) is 0 Å². The molecule has 0 unspecified atom stereocenters. The van der Waals surface area contributed by atoms with Gasteiger partial charge in [0, 0.05) is 0 Å². The van der Waals surface area contributed by atoms with Crippen LogP contribution in [0.25, 0.3) is 0 Å². The number of hydrogen-bond acceptors (Lipinski definition) is 6. The van der Waals surface area contributed by atoms with Gasteiger partial charge in [0.2, 0.25) is 9.84 Å². The maximum atomic E-state index is 12.5. The summed E-state index contributed by atoms with van der Waals surface area (Å²) < 4.78 is 25.1. The van der Waals surface area contributed by atoms with Gasteiger partial charge >= 0.3 is 5.16 Å². The lowest BCUT2D eigenvalue weighted by atomic mass is 10.1. The van der Waals surface area contributed by atoms with Crippen molar-refractivity contribution < 1.29 is 13.5 Å². The topological polar surface area (TPSA) is 108 Å². The zero-order chi connectivity index (χ0) is 15.1. The molecule has 0 spiro atoms. The number of nitrogens with zero attached hydrogens (tertiary/aromatic N) is 4. The van der Waals surface area contributed by atoms with E-state index in [1.807, 2.05) is 6.92 Å². The number of benzene rings is 1. The highest BCUT2D eigenvalue weighted by Gasteiger charge is 2.32. The number of sulfone groups is 1. The number of hydrogen-bond donors (Lipinski definition) is 0. The Morgan fingerprint density at radius 3 is 2.25 bits per heavy atom. The van der Waals surface area contributed by atoms with Gasteiger partial charge in [0.1, 0.15) is 0 Å². The summed E-state index contributed by atoms with van der Waals surface area (Å²) in [6.45, 7) is 5.12. The molecule has 0 aliphatic carbocycles. The fourth-order valence-corrected chi connectivity index (χ4v) is 3.86. The van der Waals surface area contributed by atoms with Crippen LogP contribution in [0.15, 0.2) is 28.5 Å². The van der Waals surface area contributed by atoms with Gasteiger partial charge in [0.05, 0.1) is 19.8 Å². The van der Waals surface area contributed by atoms with E-state index in [9.17, 15) is 18.5 Å². The van der Waals surface area contributed by atoms with Crippen molar-refractivity contribution in [2.45, 2.75) is 30.8 Å². The van der Waals surface area contributed by atoms with Crippen LogP contribution in [0.4, 0.5) is 0 Å². The zero-order valence-corrected chi connectivity index (χ0v) is 11.9. The highest BCUT2D eigenvalue weighted by molar-refractivity contribution is 7.91. The number of aromatic nitrogens is 3. The largest absolute Gasteiger partial charge is 0.339 e. The molecule has 2 aromatic rings. The molecule has 0 saturated carbocycles. The van der Waals surface area contributed by atoms with Gasteiger partial charge in [-0.1, -0.05) is 17.7 Å². The van der Waals surface area contributed by atoms with Crippen molar-refractivity contribution in [3.63, 3.8) is 0 Å². The summed E-state index contributed by atoms with van der Waals surface area (Å²) in [5.41, 5.74) is 1.94. The van der Waals surface area contributed by atoms with Crippen LogP contribution in [0.3, 0.4) is 0 Å². The van der Waals surface area contributed by atoms with Crippen LogP contribution in [-0.4, -0.2) is 28.3 Å². The van der Waals surface area contributed by atoms with Crippen molar-refractivity contribution >= 4 is 9.84 Å². The molecule has 1 heterocycles. The SMILES string of the molecule is Cc1cc(C)c(S(=O)(=O)c2ncnn2[N+](=O)[O-])c(C)c1. The normalized spacial score (nSPS) is 11.6. The van der Waals surface area contributed by atoms with Crippen molar-refractivity contribution in [1.29, 1.82) is 0 Å². The second-order valence-electron chi connectivity index (χ2n) is 4.40. The van der Waals surface area contributed by atoms with Crippen LogP contribution in [-0.2, 0) is 9.84 Å². The average molecular weight is 296 g/mol. The predicted molar refractivity (Wildman–Crippen MR) is 68.5 cm³/mol. The van der Waals surface area contributed by atoms with Gasteiger partial charge in [-0.2, -0.15) is 4.98 Å². The summed E-state index contributed by atoms with van der Waals surface area (Å²) in [6.07, 6.45) is 0.842. The standard InChI is InChI=1S/C11H12N4O4S/c1-7-4-8(2)10(9(3)5-7)20(18,19)11-12-6-13-14(11)15(16)17/h4-6H,1-3H3. The summed E-state index contributed by atoms with van der Waals surface area (Å²) in [6, 6.07) is 3.40. The van der Waals surface area contributed by atoms with E-state index >= 15 is 0 Å². The first-order valence-corrected chi connectivity index (χ1v) is 7.11. The molecule has 0 atom stereocenters. The summed E-state index contributed by atoms with van der Waals surface area (Å²) in [5, 5.41) is 12.5. The summed E-state index contributed by atoms with van der Waals surface area (Å²) in [4.78, 5) is 14.5. The molecule has 0 amide bonds. The van der Waals surface area contributed by atoms with Gasteiger partial charge in [-0.25, -0.2) is 8.42 Å². The minimum atomic E-state index is -4.10. The van der Waals surface area contributed by atoms with Crippen molar-refractivity contribution in [1.82, 2.24) is 14.9 Å². The van der Waals surface area contributed by atoms with Gasteiger partial charge in [-0.05, 0) is 31.9 Å². The Hall–Kier alpha value is -2.29. The smallest absolute Gasteiger partial charge is 0.322 e. The first-order chi connectivity index (χ1) is 9.25. The molecule has 0 radical (unpaired) electrons. The Morgan fingerprint density at radius 2 is 1.75 bits per heavy atom.